The van der Waals surface area contributed by atoms with Crippen LogP contribution in [0.4, 0.5) is 0 Å². The second-order valence-corrected chi connectivity index (χ2v) is 6.93. The summed E-state index contributed by atoms with van der Waals surface area (Å²) < 4.78 is 11.4. The average molecular weight is 512 g/mol. The van der Waals surface area contributed by atoms with Gasteiger partial charge in [0.15, 0.2) is 5.96 Å². The predicted molar refractivity (Wildman–Crippen MR) is 129 cm³/mol. The maximum absolute atomic E-state index is 5.83. The van der Waals surface area contributed by atoms with Gasteiger partial charge in [0.1, 0.15) is 12.4 Å². The molecule has 0 atom stereocenters. The standard InChI is InChI=1S/C22H32N4O2.HI/c1-18(2)16-27-13-7-12-25-22(23-3)26-15-19-8-6-10-21(14-19)28-17-20-9-4-5-11-24-20;/h4-6,8-11,14,18H,7,12-13,15-17H2,1-3H3,(H2,23,25,26);1H. The Kier molecular flexibility index (Phi) is 13.0. The molecule has 2 N–H and O–H groups in total. The summed E-state index contributed by atoms with van der Waals surface area (Å²) in [5.74, 6) is 2.19. The first-order valence-electron chi connectivity index (χ1n) is 9.81. The average Bonchev–Trinajstić information content (AvgIpc) is 2.72. The molecule has 7 heteroatoms. The number of benzene rings is 1. The number of nitrogens with one attached hydrogen (secondary N) is 2. The number of nitrogens with zero attached hydrogens (tertiary/aromatic N) is 2. The van der Waals surface area contributed by atoms with Crippen LogP contribution in [0.1, 0.15) is 31.5 Å². The Bertz CT molecular complexity index is 711. The van der Waals surface area contributed by atoms with E-state index in [1.54, 1.807) is 13.2 Å². The smallest absolute Gasteiger partial charge is 0.191 e. The molecule has 0 saturated carbocycles. The molecule has 1 aromatic heterocycles. The van der Waals surface area contributed by atoms with E-state index >= 15 is 0 Å². The van der Waals surface area contributed by atoms with Crippen molar-refractivity contribution in [2.45, 2.75) is 33.4 Å². The van der Waals surface area contributed by atoms with Crippen LogP contribution in [0.5, 0.6) is 5.75 Å². The molecule has 0 unspecified atom stereocenters. The van der Waals surface area contributed by atoms with Crippen LogP contribution in [0.2, 0.25) is 0 Å². The predicted octanol–water partition coefficient (Wildman–Crippen LogP) is 4.01. The molecular formula is C22H33IN4O2. The van der Waals surface area contributed by atoms with E-state index in [0.29, 0.717) is 19.1 Å². The fourth-order valence-electron chi connectivity index (χ4n) is 2.49. The van der Waals surface area contributed by atoms with E-state index in [0.717, 1.165) is 49.1 Å². The third kappa shape index (κ3) is 11.0. The molecule has 0 aliphatic heterocycles. The minimum atomic E-state index is 0. The lowest BCUT2D eigenvalue weighted by Crippen LogP contribution is -2.37. The molecule has 0 saturated heterocycles. The highest BCUT2D eigenvalue weighted by molar-refractivity contribution is 14.0. The first kappa shape index (κ1) is 25.2. The van der Waals surface area contributed by atoms with E-state index in [2.05, 4.69) is 40.5 Å². The van der Waals surface area contributed by atoms with Crippen molar-refractivity contribution >= 4 is 29.9 Å². The minimum absolute atomic E-state index is 0. The molecule has 0 spiro atoms. The summed E-state index contributed by atoms with van der Waals surface area (Å²) in [6.45, 7) is 7.84. The number of hydrogen-bond donors (Lipinski definition) is 2. The first-order valence-corrected chi connectivity index (χ1v) is 9.81. The summed E-state index contributed by atoms with van der Waals surface area (Å²) in [6.07, 6.45) is 2.72. The van der Waals surface area contributed by atoms with Crippen LogP contribution in [0.3, 0.4) is 0 Å². The Labute approximate surface area is 191 Å². The topological polar surface area (TPSA) is 67.8 Å². The zero-order valence-electron chi connectivity index (χ0n) is 17.6. The summed E-state index contributed by atoms with van der Waals surface area (Å²) in [4.78, 5) is 8.53. The molecule has 2 aromatic rings. The van der Waals surface area contributed by atoms with Gasteiger partial charge >= 0.3 is 0 Å². The molecule has 160 valence electrons. The van der Waals surface area contributed by atoms with E-state index in [1.165, 1.54) is 0 Å². The van der Waals surface area contributed by atoms with E-state index in [4.69, 9.17) is 9.47 Å². The number of hydrogen-bond acceptors (Lipinski definition) is 4. The van der Waals surface area contributed by atoms with Gasteiger partial charge in [-0.3, -0.25) is 9.98 Å². The van der Waals surface area contributed by atoms with Crippen LogP contribution in [0.25, 0.3) is 0 Å². The Hall–Kier alpha value is -1.87. The summed E-state index contributed by atoms with van der Waals surface area (Å²) in [6, 6.07) is 13.9. The number of rotatable bonds is 11. The largest absolute Gasteiger partial charge is 0.487 e. The van der Waals surface area contributed by atoms with Gasteiger partial charge in [-0.1, -0.05) is 32.0 Å². The SMILES string of the molecule is CN=C(NCCCOCC(C)C)NCc1cccc(OCc2ccccn2)c1.I. The van der Waals surface area contributed by atoms with Gasteiger partial charge in [-0.15, -0.1) is 24.0 Å². The Balaban J connectivity index is 0.00000420. The van der Waals surface area contributed by atoms with Gasteiger partial charge in [0, 0.05) is 39.5 Å². The first-order chi connectivity index (χ1) is 13.7. The maximum atomic E-state index is 5.83. The Morgan fingerprint density at radius 3 is 2.72 bits per heavy atom. The fraction of sp³-hybridized carbons (Fsp3) is 0.455. The van der Waals surface area contributed by atoms with E-state index < -0.39 is 0 Å². The number of guanidine groups is 1. The van der Waals surface area contributed by atoms with Gasteiger partial charge in [0.2, 0.25) is 0 Å². The third-order valence-corrected chi connectivity index (χ3v) is 3.90. The molecule has 0 fully saturated rings. The number of pyridine rings is 1. The van der Waals surface area contributed by atoms with Crippen LogP contribution in [0, 0.1) is 5.92 Å². The van der Waals surface area contributed by atoms with Crippen molar-refractivity contribution in [3.63, 3.8) is 0 Å². The lowest BCUT2D eigenvalue weighted by molar-refractivity contribution is 0.108. The normalized spacial score (nSPS) is 11.1. The highest BCUT2D eigenvalue weighted by Gasteiger charge is 2.02. The van der Waals surface area contributed by atoms with Gasteiger partial charge in [-0.05, 0) is 42.2 Å². The van der Waals surface area contributed by atoms with E-state index in [1.807, 2.05) is 36.4 Å². The quantitative estimate of drug-likeness (QED) is 0.206. The molecular weight excluding hydrogens is 479 g/mol. The van der Waals surface area contributed by atoms with Gasteiger partial charge in [0.25, 0.3) is 0 Å². The van der Waals surface area contributed by atoms with Crippen LogP contribution in [-0.2, 0) is 17.9 Å². The van der Waals surface area contributed by atoms with Crippen molar-refractivity contribution < 1.29 is 9.47 Å². The van der Waals surface area contributed by atoms with Crippen LogP contribution >= 0.6 is 24.0 Å². The fourth-order valence-corrected chi connectivity index (χ4v) is 2.49. The molecule has 1 heterocycles. The summed E-state index contributed by atoms with van der Waals surface area (Å²) >= 11 is 0. The van der Waals surface area contributed by atoms with E-state index in [9.17, 15) is 0 Å². The molecule has 29 heavy (non-hydrogen) atoms. The molecule has 1 aromatic carbocycles. The third-order valence-electron chi connectivity index (χ3n) is 3.90. The summed E-state index contributed by atoms with van der Waals surface area (Å²) in [5, 5.41) is 6.63. The van der Waals surface area contributed by atoms with Crippen LogP contribution in [0.15, 0.2) is 53.7 Å². The second kappa shape index (κ2) is 15.0. The highest BCUT2D eigenvalue weighted by atomic mass is 127. The molecule has 2 rings (SSSR count). The Morgan fingerprint density at radius 2 is 2.00 bits per heavy atom. The van der Waals surface area contributed by atoms with Gasteiger partial charge in [-0.2, -0.15) is 0 Å². The number of ether oxygens (including phenoxy) is 2. The molecule has 0 aliphatic rings. The van der Waals surface area contributed by atoms with Crippen molar-refractivity contribution in [3.8, 4) is 5.75 Å². The van der Waals surface area contributed by atoms with Crippen molar-refractivity contribution in [1.29, 1.82) is 0 Å². The number of aromatic nitrogens is 1. The van der Waals surface area contributed by atoms with Gasteiger partial charge in [0.05, 0.1) is 5.69 Å². The lowest BCUT2D eigenvalue weighted by atomic mass is 10.2. The van der Waals surface area contributed by atoms with Gasteiger partial charge in [-0.25, -0.2) is 0 Å². The van der Waals surface area contributed by atoms with Crippen molar-refractivity contribution in [2.24, 2.45) is 10.9 Å². The van der Waals surface area contributed by atoms with E-state index in [-0.39, 0.29) is 24.0 Å². The summed E-state index contributed by atoms with van der Waals surface area (Å²) in [7, 11) is 1.77. The second-order valence-electron chi connectivity index (χ2n) is 6.93. The molecule has 0 radical (unpaired) electrons. The van der Waals surface area contributed by atoms with Gasteiger partial charge < -0.3 is 20.1 Å². The molecule has 0 amide bonds. The van der Waals surface area contributed by atoms with Crippen molar-refractivity contribution in [1.82, 2.24) is 15.6 Å². The summed E-state index contributed by atoms with van der Waals surface area (Å²) in [5.41, 5.74) is 2.04. The van der Waals surface area contributed by atoms with Crippen LogP contribution in [-0.4, -0.2) is 37.7 Å². The zero-order chi connectivity index (χ0) is 20.0. The number of aliphatic imine (C=N–C) groups is 1. The van der Waals surface area contributed by atoms with Crippen molar-refractivity contribution in [2.75, 3.05) is 26.8 Å². The Morgan fingerprint density at radius 1 is 1.14 bits per heavy atom. The lowest BCUT2D eigenvalue weighted by Gasteiger charge is -2.13. The van der Waals surface area contributed by atoms with Crippen molar-refractivity contribution in [3.05, 3.63) is 59.9 Å². The molecule has 0 bridgehead atoms. The minimum Gasteiger partial charge on any atom is -0.487 e. The van der Waals surface area contributed by atoms with Crippen LogP contribution < -0.4 is 15.4 Å². The monoisotopic (exact) mass is 512 g/mol. The molecule has 6 nitrogen and oxygen atoms in total. The maximum Gasteiger partial charge on any atom is 0.191 e. The zero-order valence-corrected chi connectivity index (χ0v) is 19.9. The molecule has 0 aliphatic carbocycles. The highest BCUT2D eigenvalue weighted by Crippen LogP contribution is 2.14. The number of halogens is 1.